The van der Waals surface area contributed by atoms with Gasteiger partial charge < -0.3 is 10.1 Å². The van der Waals surface area contributed by atoms with Crippen LogP contribution in [0, 0.1) is 5.82 Å². The van der Waals surface area contributed by atoms with Gasteiger partial charge in [0.15, 0.2) is 0 Å². The van der Waals surface area contributed by atoms with E-state index in [1.54, 1.807) is 18.2 Å². The molecule has 0 aliphatic rings. The molecule has 1 amide bonds. The van der Waals surface area contributed by atoms with Crippen LogP contribution < -0.4 is 10.1 Å². The molecule has 0 atom stereocenters. The molecule has 0 aliphatic heterocycles. The SMILES string of the molecule is CC(C)Oc1ccc(CCNC(=O)Cc2ccccc2F)cc1. The lowest BCUT2D eigenvalue weighted by Gasteiger charge is -2.10. The lowest BCUT2D eigenvalue weighted by atomic mass is 10.1. The number of carbonyl (C=O) groups is 1. The molecule has 23 heavy (non-hydrogen) atoms. The molecule has 0 radical (unpaired) electrons. The molecule has 0 saturated heterocycles. The first kappa shape index (κ1) is 17.0. The third-order valence-corrected chi connectivity index (χ3v) is 3.34. The van der Waals surface area contributed by atoms with Crippen molar-refractivity contribution in [3.05, 3.63) is 65.5 Å². The van der Waals surface area contributed by atoms with Crippen LogP contribution in [-0.2, 0) is 17.6 Å². The van der Waals surface area contributed by atoms with Crippen LogP contribution in [-0.4, -0.2) is 18.6 Å². The summed E-state index contributed by atoms with van der Waals surface area (Å²) in [5.41, 5.74) is 1.53. The van der Waals surface area contributed by atoms with Gasteiger partial charge in [-0.3, -0.25) is 4.79 Å². The van der Waals surface area contributed by atoms with E-state index < -0.39 is 0 Å². The predicted octanol–water partition coefficient (Wildman–Crippen LogP) is 3.51. The Morgan fingerprint density at radius 1 is 1.13 bits per heavy atom. The number of benzene rings is 2. The number of amides is 1. The zero-order chi connectivity index (χ0) is 16.7. The van der Waals surface area contributed by atoms with Gasteiger partial charge in [-0.1, -0.05) is 30.3 Å². The van der Waals surface area contributed by atoms with Gasteiger partial charge in [0, 0.05) is 6.54 Å². The van der Waals surface area contributed by atoms with Gasteiger partial charge in [0.25, 0.3) is 0 Å². The first-order chi connectivity index (χ1) is 11.0. The average Bonchev–Trinajstić information content (AvgIpc) is 2.51. The molecule has 4 heteroatoms. The second-order valence-corrected chi connectivity index (χ2v) is 5.68. The Bertz CT molecular complexity index is 638. The van der Waals surface area contributed by atoms with Crippen molar-refractivity contribution in [2.75, 3.05) is 6.54 Å². The van der Waals surface area contributed by atoms with Gasteiger partial charge in [-0.05, 0) is 49.6 Å². The molecule has 1 N–H and O–H groups in total. The van der Waals surface area contributed by atoms with Crippen LogP contribution in [0.15, 0.2) is 48.5 Å². The highest BCUT2D eigenvalue weighted by Crippen LogP contribution is 2.14. The lowest BCUT2D eigenvalue weighted by molar-refractivity contribution is -0.120. The molecule has 0 aliphatic carbocycles. The topological polar surface area (TPSA) is 38.3 Å². The van der Waals surface area contributed by atoms with Gasteiger partial charge in [-0.2, -0.15) is 0 Å². The lowest BCUT2D eigenvalue weighted by Crippen LogP contribution is -2.27. The molecular formula is C19H22FNO2. The van der Waals surface area contributed by atoms with Crippen molar-refractivity contribution in [3.63, 3.8) is 0 Å². The van der Waals surface area contributed by atoms with E-state index in [-0.39, 0.29) is 24.2 Å². The third-order valence-electron chi connectivity index (χ3n) is 3.34. The van der Waals surface area contributed by atoms with Crippen LogP contribution in [0.2, 0.25) is 0 Å². The fourth-order valence-electron chi connectivity index (χ4n) is 2.23. The molecule has 2 aromatic rings. The molecule has 122 valence electrons. The molecule has 0 heterocycles. The summed E-state index contributed by atoms with van der Waals surface area (Å²) in [4.78, 5) is 11.8. The Balaban J connectivity index is 1.76. The maximum Gasteiger partial charge on any atom is 0.224 e. The molecule has 0 fully saturated rings. The summed E-state index contributed by atoms with van der Waals surface area (Å²) in [6.45, 7) is 4.50. The smallest absolute Gasteiger partial charge is 0.224 e. The molecule has 0 saturated carbocycles. The highest BCUT2D eigenvalue weighted by molar-refractivity contribution is 5.78. The first-order valence-corrected chi connectivity index (χ1v) is 7.80. The van der Waals surface area contributed by atoms with E-state index in [0.717, 1.165) is 17.7 Å². The van der Waals surface area contributed by atoms with Crippen LogP contribution in [0.4, 0.5) is 4.39 Å². The number of nitrogens with one attached hydrogen (secondary N) is 1. The molecule has 2 rings (SSSR count). The minimum atomic E-state index is -0.344. The highest BCUT2D eigenvalue weighted by Gasteiger charge is 2.07. The number of hydrogen-bond acceptors (Lipinski definition) is 2. The maximum absolute atomic E-state index is 13.5. The Kier molecular flexibility index (Phi) is 6.15. The predicted molar refractivity (Wildman–Crippen MR) is 89.0 cm³/mol. The van der Waals surface area contributed by atoms with E-state index in [1.165, 1.54) is 6.07 Å². The highest BCUT2D eigenvalue weighted by atomic mass is 19.1. The zero-order valence-electron chi connectivity index (χ0n) is 13.5. The number of rotatable bonds is 7. The molecule has 0 unspecified atom stereocenters. The van der Waals surface area contributed by atoms with E-state index in [2.05, 4.69) is 5.32 Å². The summed E-state index contributed by atoms with van der Waals surface area (Å²) >= 11 is 0. The maximum atomic E-state index is 13.5. The fourth-order valence-corrected chi connectivity index (χ4v) is 2.23. The minimum Gasteiger partial charge on any atom is -0.491 e. The monoisotopic (exact) mass is 315 g/mol. The number of carbonyl (C=O) groups excluding carboxylic acids is 1. The summed E-state index contributed by atoms with van der Waals surface area (Å²) in [6.07, 6.45) is 0.942. The zero-order valence-corrected chi connectivity index (χ0v) is 13.5. The van der Waals surface area contributed by atoms with Gasteiger partial charge in [0.2, 0.25) is 5.91 Å². The normalized spacial score (nSPS) is 10.6. The van der Waals surface area contributed by atoms with Crippen molar-refractivity contribution in [3.8, 4) is 5.75 Å². The Hall–Kier alpha value is -2.36. The van der Waals surface area contributed by atoms with Gasteiger partial charge in [-0.15, -0.1) is 0 Å². The van der Waals surface area contributed by atoms with Gasteiger partial charge in [-0.25, -0.2) is 4.39 Å². The van der Waals surface area contributed by atoms with E-state index >= 15 is 0 Å². The van der Waals surface area contributed by atoms with Crippen LogP contribution in [0.1, 0.15) is 25.0 Å². The third kappa shape index (κ3) is 5.74. The summed E-state index contributed by atoms with van der Waals surface area (Å²) in [5, 5.41) is 2.82. The van der Waals surface area contributed by atoms with Crippen molar-refractivity contribution in [1.29, 1.82) is 0 Å². The van der Waals surface area contributed by atoms with Crippen molar-refractivity contribution in [2.45, 2.75) is 32.8 Å². The van der Waals surface area contributed by atoms with Crippen LogP contribution >= 0.6 is 0 Å². The first-order valence-electron chi connectivity index (χ1n) is 7.80. The van der Waals surface area contributed by atoms with E-state index in [1.807, 2.05) is 38.1 Å². The average molecular weight is 315 g/mol. The minimum absolute atomic E-state index is 0.0633. The molecule has 0 bridgehead atoms. The Morgan fingerprint density at radius 2 is 1.83 bits per heavy atom. The Morgan fingerprint density at radius 3 is 2.48 bits per heavy atom. The second-order valence-electron chi connectivity index (χ2n) is 5.68. The van der Waals surface area contributed by atoms with Gasteiger partial charge in [0.1, 0.15) is 11.6 Å². The van der Waals surface area contributed by atoms with E-state index in [9.17, 15) is 9.18 Å². The molecule has 0 spiro atoms. The van der Waals surface area contributed by atoms with Gasteiger partial charge >= 0.3 is 0 Å². The fraction of sp³-hybridized carbons (Fsp3) is 0.316. The summed E-state index contributed by atoms with van der Waals surface area (Å²) in [7, 11) is 0. The van der Waals surface area contributed by atoms with Crippen molar-refractivity contribution < 1.29 is 13.9 Å². The summed E-state index contributed by atoms with van der Waals surface area (Å²) in [5.74, 6) is 0.325. The molecular weight excluding hydrogens is 293 g/mol. The number of hydrogen-bond donors (Lipinski definition) is 1. The Labute approximate surface area is 136 Å². The number of ether oxygens (including phenoxy) is 1. The van der Waals surface area contributed by atoms with Gasteiger partial charge in [0.05, 0.1) is 12.5 Å². The van der Waals surface area contributed by atoms with Crippen LogP contribution in [0.25, 0.3) is 0 Å². The largest absolute Gasteiger partial charge is 0.491 e. The van der Waals surface area contributed by atoms with E-state index in [0.29, 0.717) is 12.1 Å². The van der Waals surface area contributed by atoms with E-state index in [4.69, 9.17) is 4.74 Å². The quantitative estimate of drug-likeness (QED) is 0.849. The molecule has 0 aromatic heterocycles. The van der Waals surface area contributed by atoms with Crippen LogP contribution in [0.3, 0.4) is 0 Å². The van der Waals surface area contributed by atoms with Crippen molar-refractivity contribution in [2.24, 2.45) is 0 Å². The molecule has 3 nitrogen and oxygen atoms in total. The van der Waals surface area contributed by atoms with Crippen molar-refractivity contribution in [1.82, 2.24) is 5.32 Å². The standard InChI is InChI=1S/C19H22FNO2/c1-14(2)23-17-9-7-15(8-10-17)11-12-21-19(22)13-16-5-3-4-6-18(16)20/h3-10,14H,11-13H2,1-2H3,(H,21,22). The molecule has 2 aromatic carbocycles. The second kappa shape index (κ2) is 8.32. The van der Waals surface area contributed by atoms with Crippen LogP contribution in [0.5, 0.6) is 5.75 Å². The number of halogens is 1. The van der Waals surface area contributed by atoms with Crippen molar-refractivity contribution >= 4 is 5.91 Å². The summed E-state index contributed by atoms with van der Waals surface area (Å²) < 4.78 is 19.1. The summed E-state index contributed by atoms with van der Waals surface area (Å²) in [6, 6.07) is 14.2.